The summed E-state index contributed by atoms with van der Waals surface area (Å²) in [6, 6.07) is 12.4. The van der Waals surface area contributed by atoms with Gasteiger partial charge in [-0.15, -0.1) is 0 Å². The van der Waals surface area contributed by atoms with Crippen molar-refractivity contribution in [2.24, 2.45) is 7.05 Å². The predicted molar refractivity (Wildman–Crippen MR) is 99.3 cm³/mol. The Hall–Kier alpha value is -3.00. The highest BCUT2D eigenvalue weighted by Crippen LogP contribution is 2.25. The molecule has 0 unspecified atom stereocenters. The summed E-state index contributed by atoms with van der Waals surface area (Å²) in [4.78, 5) is 29.0. The number of halogens is 2. The summed E-state index contributed by atoms with van der Waals surface area (Å²) < 4.78 is 26.3. The normalized spacial score (nSPS) is 10.8. The van der Waals surface area contributed by atoms with Crippen molar-refractivity contribution in [2.45, 2.75) is 10.7 Å². The molecule has 3 aromatic rings. The number of carbonyl (C=O) groups excluding carboxylic acids is 2. The molecule has 0 atom stereocenters. The van der Waals surface area contributed by atoms with Crippen molar-refractivity contribution in [1.29, 1.82) is 0 Å². The van der Waals surface area contributed by atoms with E-state index < -0.39 is 5.76 Å². The van der Waals surface area contributed by atoms with Crippen molar-refractivity contribution in [3.8, 4) is 0 Å². The van der Waals surface area contributed by atoms with E-state index in [1.807, 2.05) is 0 Å². The number of nitrogens with zero attached hydrogens (tertiary/aromatic N) is 2. The number of anilines is 1. The summed E-state index contributed by atoms with van der Waals surface area (Å²) in [5.74, 6) is -2.76. The molecule has 0 saturated carbocycles. The highest BCUT2D eigenvalue weighted by Gasteiger charge is 2.14. The van der Waals surface area contributed by atoms with Crippen LogP contribution in [0, 0.1) is 0 Å². The van der Waals surface area contributed by atoms with Gasteiger partial charge in [0.2, 0.25) is 5.78 Å². The fourth-order valence-electron chi connectivity index (χ4n) is 2.41. The van der Waals surface area contributed by atoms with Crippen molar-refractivity contribution >= 4 is 29.1 Å². The molecule has 0 aliphatic heterocycles. The van der Waals surface area contributed by atoms with Gasteiger partial charge in [0.25, 0.3) is 11.7 Å². The van der Waals surface area contributed by atoms with E-state index in [1.165, 1.54) is 24.3 Å². The van der Waals surface area contributed by atoms with Crippen LogP contribution in [0.2, 0.25) is 0 Å². The molecule has 1 aromatic heterocycles. The van der Waals surface area contributed by atoms with Crippen LogP contribution in [0.3, 0.4) is 0 Å². The molecule has 3 rings (SSSR count). The van der Waals surface area contributed by atoms with Crippen molar-refractivity contribution in [2.75, 3.05) is 5.32 Å². The van der Waals surface area contributed by atoms with E-state index in [0.717, 1.165) is 0 Å². The van der Waals surface area contributed by atoms with E-state index >= 15 is 0 Å². The number of thioether (sulfide) groups is 1. The van der Waals surface area contributed by atoms with E-state index in [4.69, 9.17) is 0 Å². The molecule has 0 radical (unpaired) electrons. The minimum Gasteiger partial charge on any atom is -0.331 e. The van der Waals surface area contributed by atoms with Crippen LogP contribution in [0.1, 0.15) is 26.5 Å². The van der Waals surface area contributed by atoms with Gasteiger partial charge in [-0.25, -0.2) is 4.98 Å². The van der Waals surface area contributed by atoms with Crippen molar-refractivity contribution < 1.29 is 18.4 Å². The Balaban J connectivity index is 1.66. The summed E-state index contributed by atoms with van der Waals surface area (Å²) in [6.07, 6.45) is 3.24. The van der Waals surface area contributed by atoms with E-state index in [-0.39, 0.29) is 11.7 Å². The van der Waals surface area contributed by atoms with Gasteiger partial charge >= 0.3 is 0 Å². The first-order valence-electron chi connectivity index (χ1n) is 7.92. The molecule has 5 nitrogen and oxygen atoms in total. The quantitative estimate of drug-likeness (QED) is 0.508. The molecule has 1 heterocycles. The lowest BCUT2D eigenvalue weighted by Crippen LogP contribution is -2.12. The van der Waals surface area contributed by atoms with Crippen LogP contribution in [-0.4, -0.2) is 27.0 Å². The van der Waals surface area contributed by atoms with Crippen LogP contribution in [0.4, 0.5) is 14.5 Å². The van der Waals surface area contributed by atoms with E-state index in [2.05, 4.69) is 10.3 Å². The zero-order valence-electron chi connectivity index (χ0n) is 14.2. The molecular formula is C19H15F2N3O2S. The molecule has 0 aliphatic rings. The standard InChI is InChI=1S/C19H15F2N3O2S/c1-24-11-10-22-17(24)16(25)12-2-6-14(7-3-12)23-18(26)13-4-8-15(9-5-13)27-19(20)21/h2-11,19H,1H3,(H,23,26). The number of carbonyl (C=O) groups is 2. The SMILES string of the molecule is Cn1ccnc1C(=O)c1ccc(NC(=O)c2ccc(SC(F)F)cc2)cc1. The van der Waals surface area contributed by atoms with Crippen LogP contribution in [0.25, 0.3) is 0 Å². The molecule has 8 heteroatoms. The van der Waals surface area contributed by atoms with E-state index in [0.29, 0.717) is 39.3 Å². The summed E-state index contributed by atoms with van der Waals surface area (Å²) in [5.41, 5.74) is 1.32. The fourth-order valence-corrected chi connectivity index (χ4v) is 2.91. The van der Waals surface area contributed by atoms with E-state index in [9.17, 15) is 18.4 Å². The second-order valence-corrected chi connectivity index (χ2v) is 6.69. The summed E-state index contributed by atoms with van der Waals surface area (Å²) in [7, 11) is 1.74. The molecule has 1 amide bonds. The number of aromatic nitrogens is 2. The number of hydrogen-bond donors (Lipinski definition) is 1. The highest BCUT2D eigenvalue weighted by atomic mass is 32.2. The number of ketones is 1. The second-order valence-electron chi connectivity index (χ2n) is 5.63. The number of amides is 1. The Morgan fingerprint density at radius 2 is 1.67 bits per heavy atom. The zero-order valence-corrected chi connectivity index (χ0v) is 15.0. The topological polar surface area (TPSA) is 64.0 Å². The lowest BCUT2D eigenvalue weighted by molar-refractivity contribution is 0.102. The van der Waals surface area contributed by atoms with Crippen LogP contribution in [-0.2, 0) is 7.05 Å². The first kappa shape index (κ1) is 18.8. The van der Waals surface area contributed by atoms with E-state index in [1.54, 1.807) is 48.3 Å². The van der Waals surface area contributed by atoms with Gasteiger partial charge in [0.05, 0.1) is 0 Å². The Kier molecular flexibility index (Phi) is 5.66. The predicted octanol–water partition coefficient (Wildman–Crippen LogP) is 4.22. The van der Waals surface area contributed by atoms with Gasteiger partial charge in [-0.2, -0.15) is 8.78 Å². The number of rotatable bonds is 6. The number of nitrogens with one attached hydrogen (secondary N) is 1. The number of imidazole rings is 1. The van der Waals surface area contributed by atoms with Gasteiger partial charge in [0.1, 0.15) is 0 Å². The zero-order chi connectivity index (χ0) is 19.4. The molecule has 0 aliphatic carbocycles. The third-order valence-electron chi connectivity index (χ3n) is 3.77. The van der Waals surface area contributed by atoms with Crippen LogP contribution in [0.5, 0.6) is 0 Å². The maximum absolute atomic E-state index is 12.4. The number of alkyl halides is 2. The van der Waals surface area contributed by atoms with Gasteiger partial charge in [-0.3, -0.25) is 9.59 Å². The molecular weight excluding hydrogens is 372 g/mol. The van der Waals surface area contributed by atoms with Crippen LogP contribution < -0.4 is 5.32 Å². The molecule has 138 valence electrons. The minimum atomic E-state index is -2.50. The molecule has 0 spiro atoms. The highest BCUT2D eigenvalue weighted by molar-refractivity contribution is 7.99. The Bertz CT molecular complexity index is 954. The Morgan fingerprint density at radius 1 is 1.04 bits per heavy atom. The maximum atomic E-state index is 12.4. The Labute approximate surface area is 158 Å². The third-order valence-corrected chi connectivity index (χ3v) is 4.49. The van der Waals surface area contributed by atoms with Gasteiger partial charge in [0, 0.05) is 41.2 Å². The second kappa shape index (κ2) is 8.13. The average Bonchev–Trinajstić information content (AvgIpc) is 3.08. The third kappa shape index (κ3) is 4.59. The monoisotopic (exact) mass is 387 g/mol. The van der Waals surface area contributed by atoms with Gasteiger partial charge < -0.3 is 9.88 Å². The molecule has 0 saturated heterocycles. The number of hydrogen-bond acceptors (Lipinski definition) is 4. The lowest BCUT2D eigenvalue weighted by Gasteiger charge is -2.07. The van der Waals surface area contributed by atoms with Gasteiger partial charge in [0.15, 0.2) is 5.82 Å². The smallest absolute Gasteiger partial charge is 0.288 e. The average molecular weight is 387 g/mol. The largest absolute Gasteiger partial charge is 0.331 e. The minimum absolute atomic E-state index is 0.215. The Morgan fingerprint density at radius 3 is 2.22 bits per heavy atom. The maximum Gasteiger partial charge on any atom is 0.288 e. The molecule has 27 heavy (non-hydrogen) atoms. The van der Waals surface area contributed by atoms with Crippen LogP contribution >= 0.6 is 11.8 Å². The van der Waals surface area contributed by atoms with Crippen LogP contribution in [0.15, 0.2) is 65.8 Å². The van der Waals surface area contributed by atoms with Crippen molar-refractivity contribution in [3.05, 3.63) is 77.9 Å². The number of aryl methyl sites for hydroxylation is 1. The first-order valence-corrected chi connectivity index (χ1v) is 8.80. The molecule has 2 aromatic carbocycles. The lowest BCUT2D eigenvalue weighted by atomic mass is 10.1. The molecule has 1 N–H and O–H groups in total. The van der Waals surface area contributed by atoms with Gasteiger partial charge in [-0.1, -0.05) is 11.8 Å². The van der Waals surface area contributed by atoms with Crippen molar-refractivity contribution in [1.82, 2.24) is 9.55 Å². The van der Waals surface area contributed by atoms with Gasteiger partial charge in [-0.05, 0) is 48.5 Å². The molecule has 0 bridgehead atoms. The summed E-state index contributed by atoms with van der Waals surface area (Å²) >= 11 is 0.423. The summed E-state index contributed by atoms with van der Waals surface area (Å²) in [6.45, 7) is 0. The summed E-state index contributed by atoms with van der Waals surface area (Å²) in [5, 5.41) is 2.70. The fraction of sp³-hybridized carbons (Fsp3) is 0.105. The molecule has 0 fully saturated rings. The van der Waals surface area contributed by atoms with Crippen molar-refractivity contribution in [3.63, 3.8) is 0 Å². The number of benzene rings is 2. The first-order chi connectivity index (χ1) is 12.9.